The van der Waals surface area contributed by atoms with E-state index in [9.17, 15) is 9.59 Å². The first kappa shape index (κ1) is 13.3. The van der Waals surface area contributed by atoms with Crippen molar-refractivity contribution in [2.24, 2.45) is 0 Å². The smallest absolute Gasteiger partial charge is 0.457 e. The minimum Gasteiger partial charge on any atom is -0.457 e. The van der Waals surface area contributed by atoms with E-state index in [2.05, 4.69) is 13.6 Å². The first-order valence-electron chi connectivity index (χ1n) is 4.67. The zero-order valence-electron chi connectivity index (χ0n) is 9.03. The van der Waals surface area contributed by atoms with Crippen LogP contribution in [0, 0.1) is 0 Å². The van der Waals surface area contributed by atoms with Gasteiger partial charge >= 0.3 is 11.8 Å². The van der Waals surface area contributed by atoms with Gasteiger partial charge in [0, 0.05) is 6.42 Å². The fourth-order valence-corrected chi connectivity index (χ4v) is 0.667. The number of nitrogen functional groups attached to an aromatic ring is 1. The van der Waals surface area contributed by atoms with Crippen molar-refractivity contribution in [3.63, 3.8) is 0 Å². The SMILES string of the molecule is CC.CCC(=O)OCc1oc(=O)oc1N. The molecule has 0 spiro atoms. The lowest BCUT2D eigenvalue weighted by atomic mass is 10.5. The molecular formula is C9H15NO5. The number of carbonyl (C=O) groups is 1. The van der Waals surface area contributed by atoms with Crippen molar-refractivity contribution in [2.45, 2.75) is 33.8 Å². The number of esters is 1. The van der Waals surface area contributed by atoms with Gasteiger partial charge in [-0.2, -0.15) is 0 Å². The van der Waals surface area contributed by atoms with E-state index >= 15 is 0 Å². The highest BCUT2D eigenvalue weighted by molar-refractivity contribution is 5.68. The molecule has 0 amide bonds. The normalized spacial score (nSPS) is 9.00. The lowest BCUT2D eigenvalue weighted by Crippen LogP contribution is -2.03. The Morgan fingerprint density at radius 2 is 2.00 bits per heavy atom. The van der Waals surface area contributed by atoms with Crippen molar-refractivity contribution in [2.75, 3.05) is 5.73 Å². The minimum atomic E-state index is -0.903. The summed E-state index contributed by atoms with van der Waals surface area (Å²) in [6, 6.07) is 0. The van der Waals surface area contributed by atoms with E-state index in [0.717, 1.165) is 0 Å². The van der Waals surface area contributed by atoms with Gasteiger partial charge in [-0.25, -0.2) is 4.79 Å². The average molecular weight is 217 g/mol. The molecular weight excluding hydrogens is 202 g/mol. The first-order chi connectivity index (χ1) is 7.13. The Morgan fingerprint density at radius 1 is 1.40 bits per heavy atom. The summed E-state index contributed by atoms with van der Waals surface area (Å²) in [6.45, 7) is 5.47. The van der Waals surface area contributed by atoms with Gasteiger partial charge in [0.25, 0.3) is 0 Å². The maximum atomic E-state index is 10.7. The van der Waals surface area contributed by atoms with Crippen LogP contribution in [0.4, 0.5) is 5.88 Å². The molecule has 1 aromatic heterocycles. The van der Waals surface area contributed by atoms with Crippen molar-refractivity contribution < 1.29 is 18.4 Å². The van der Waals surface area contributed by atoms with Crippen LogP contribution in [0.3, 0.4) is 0 Å². The molecule has 0 atom stereocenters. The number of rotatable bonds is 3. The molecule has 0 aliphatic heterocycles. The number of anilines is 1. The van der Waals surface area contributed by atoms with Crippen LogP contribution in [0.5, 0.6) is 0 Å². The van der Waals surface area contributed by atoms with Crippen LogP contribution in [-0.2, 0) is 16.1 Å². The van der Waals surface area contributed by atoms with Crippen molar-refractivity contribution >= 4 is 11.9 Å². The topological polar surface area (TPSA) is 95.7 Å². The molecule has 2 N–H and O–H groups in total. The Labute approximate surface area is 87.0 Å². The van der Waals surface area contributed by atoms with Crippen LogP contribution in [0.1, 0.15) is 33.0 Å². The number of nitrogens with two attached hydrogens (primary N) is 1. The van der Waals surface area contributed by atoms with Gasteiger partial charge in [-0.1, -0.05) is 20.8 Å². The molecule has 6 heteroatoms. The Bertz CT molecular complexity index is 352. The zero-order chi connectivity index (χ0) is 11.8. The molecule has 1 aromatic rings. The van der Waals surface area contributed by atoms with Crippen LogP contribution < -0.4 is 11.6 Å². The molecule has 0 bridgehead atoms. The Hall–Kier alpha value is -1.72. The molecule has 1 heterocycles. The molecule has 6 nitrogen and oxygen atoms in total. The van der Waals surface area contributed by atoms with Crippen molar-refractivity contribution in [1.82, 2.24) is 0 Å². The fraction of sp³-hybridized carbons (Fsp3) is 0.556. The highest BCUT2D eigenvalue weighted by atomic mass is 16.6. The molecule has 15 heavy (non-hydrogen) atoms. The molecule has 0 aliphatic rings. The van der Waals surface area contributed by atoms with Gasteiger partial charge in [0.2, 0.25) is 11.6 Å². The summed E-state index contributed by atoms with van der Waals surface area (Å²) >= 11 is 0. The largest absolute Gasteiger partial charge is 0.520 e. The highest BCUT2D eigenvalue weighted by Crippen LogP contribution is 2.09. The van der Waals surface area contributed by atoms with E-state index in [1.165, 1.54) is 0 Å². The van der Waals surface area contributed by atoms with Crippen LogP contribution in [-0.4, -0.2) is 5.97 Å². The summed E-state index contributed by atoms with van der Waals surface area (Å²) in [7, 11) is 0. The van der Waals surface area contributed by atoms with Crippen molar-refractivity contribution in [3.8, 4) is 0 Å². The summed E-state index contributed by atoms with van der Waals surface area (Å²) in [5.74, 6) is -1.43. The van der Waals surface area contributed by atoms with Gasteiger partial charge in [0.05, 0.1) is 0 Å². The standard InChI is InChI=1S/C7H9NO5.C2H6/c1-2-5(9)11-3-4-6(8)13-7(10)12-4;1-2/h2-3,8H2,1H3;1-2H3. The maximum absolute atomic E-state index is 10.7. The molecule has 1 rings (SSSR count). The Kier molecular flexibility index (Phi) is 5.92. The number of ether oxygens (including phenoxy) is 1. The third-order valence-corrected chi connectivity index (χ3v) is 1.33. The second-order valence-corrected chi connectivity index (χ2v) is 2.26. The van der Waals surface area contributed by atoms with Crippen molar-refractivity contribution in [1.29, 1.82) is 0 Å². The van der Waals surface area contributed by atoms with Gasteiger partial charge in [-0.3, -0.25) is 4.79 Å². The van der Waals surface area contributed by atoms with Crippen molar-refractivity contribution in [3.05, 3.63) is 16.4 Å². The monoisotopic (exact) mass is 217 g/mol. The lowest BCUT2D eigenvalue weighted by molar-refractivity contribution is -0.145. The molecule has 0 unspecified atom stereocenters. The lowest BCUT2D eigenvalue weighted by Gasteiger charge is -1.98. The van der Waals surface area contributed by atoms with E-state index in [4.69, 9.17) is 5.73 Å². The van der Waals surface area contributed by atoms with Crippen LogP contribution in [0.15, 0.2) is 13.6 Å². The van der Waals surface area contributed by atoms with Gasteiger partial charge in [-0.15, -0.1) is 0 Å². The highest BCUT2D eigenvalue weighted by Gasteiger charge is 2.10. The van der Waals surface area contributed by atoms with Gasteiger partial charge in [-0.05, 0) is 0 Å². The van der Waals surface area contributed by atoms with E-state index in [0.29, 0.717) is 0 Å². The Balaban J connectivity index is 0.000000921. The summed E-state index contributed by atoms with van der Waals surface area (Å²) in [5.41, 5.74) is 5.22. The van der Waals surface area contributed by atoms with Crippen LogP contribution in [0.25, 0.3) is 0 Å². The fourth-order valence-electron chi connectivity index (χ4n) is 0.667. The number of hydrogen-bond donors (Lipinski definition) is 1. The third kappa shape index (κ3) is 4.35. The van der Waals surface area contributed by atoms with E-state index in [1.807, 2.05) is 13.8 Å². The minimum absolute atomic E-state index is 0.0341. The predicted molar refractivity (Wildman–Crippen MR) is 53.1 cm³/mol. The molecule has 0 radical (unpaired) electrons. The summed E-state index contributed by atoms with van der Waals surface area (Å²) < 4.78 is 13.5. The molecule has 0 fully saturated rings. The average Bonchev–Trinajstić information content (AvgIpc) is 2.57. The van der Waals surface area contributed by atoms with E-state index < -0.39 is 11.8 Å². The summed E-state index contributed by atoms with van der Waals surface area (Å²) in [6.07, 6.45) is 0.252. The second-order valence-electron chi connectivity index (χ2n) is 2.26. The predicted octanol–water partition coefficient (Wildman–Crippen LogP) is 1.29. The third-order valence-electron chi connectivity index (χ3n) is 1.33. The zero-order valence-corrected chi connectivity index (χ0v) is 9.03. The van der Waals surface area contributed by atoms with Crippen LogP contribution in [0.2, 0.25) is 0 Å². The van der Waals surface area contributed by atoms with Gasteiger partial charge in [0.1, 0.15) is 0 Å². The summed E-state index contributed by atoms with van der Waals surface area (Å²) in [5, 5.41) is 0. The molecule has 0 saturated carbocycles. The maximum Gasteiger partial charge on any atom is 0.520 e. The van der Waals surface area contributed by atoms with E-state index in [-0.39, 0.29) is 24.7 Å². The number of hydrogen-bond acceptors (Lipinski definition) is 6. The Morgan fingerprint density at radius 3 is 2.40 bits per heavy atom. The van der Waals surface area contributed by atoms with Gasteiger partial charge in [0.15, 0.2) is 6.61 Å². The van der Waals surface area contributed by atoms with Gasteiger partial charge < -0.3 is 19.3 Å². The quantitative estimate of drug-likeness (QED) is 0.766. The second kappa shape index (κ2) is 6.69. The molecule has 86 valence electrons. The first-order valence-corrected chi connectivity index (χ1v) is 4.67. The molecule has 0 aliphatic carbocycles. The van der Waals surface area contributed by atoms with E-state index in [1.54, 1.807) is 6.92 Å². The molecule has 0 saturated heterocycles. The molecule has 0 aromatic carbocycles. The number of carbonyl (C=O) groups excluding carboxylic acids is 1. The summed E-state index contributed by atoms with van der Waals surface area (Å²) in [4.78, 5) is 21.2. The van der Waals surface area contributed by atoms with Crippen LogP contribution >= 0.6 is 0 Å².